The van der Waals surface area contributed by atoms with E-state index in [1.165, 1.54) is 64.2 Å². The number of allylic oxidation sites excluding steroid dienone is 2. The third-order valence-corrected chi connectivity index (χ3v) is 11.4. The van der Waals surface area contributed by atoms with E-state index in [9.17, 15) is 0 Å². The normalized spacial score (nSPS) is 48.0. The van der Waals surface area contributed by atoms with Crippen molar-refractivity contribution in [3.05, 3.63) is 11.6 Å². The van der Waals surface area contributed by atoms with Crippen molar-refractivity contribution in [1.29, 1.82) is 0 Å². The van der Waals surface area contributed by atoms with E-state index in [4.69, 9.17) is 10.7 Å². The maximum Gasteiger partial charge on any atom is 0.0395 e. The number of fused-ring (bicyclic) bond motifs is 5. The summed E-state index contributed by atoms with van der Waals surface area (Å²) < 4.78 is 0. The lowest BCUT2D eigenvalue weighted by Crippen LogP contribution is -2.50. The van der Waals surface area contributed by atoms with Crippen LogP contribution in [0, 0.1) is 52.3 Å². The van der Waals surface area contributed by atoms with Crippen LogP contribution in [0.1, 0.15) is 98.8 Å². The molecule has 0 aromatic rings. The third-order valence-electron chi connectivity index (χ3n) is 11.4. The average molecular weight is 425 g/mol. The highest BCUT2D eigenvalue weighted by Gasteiger charge is 2.58. The zero-order valence-electron chi connectivity index (χ0n) is 21.0. The van der Waals surface area contributed by atoms with Gasteiger partial charge in [0.15, 0.2) is 0 Å². The molecule has 0 aromatic heterocycles. The minimum Gasteiger partial charge on any atom is -0.328 e. The number of hydrogen-bond acceptors (Lipinski definition) is 2. The molecule has 0 amide bonds. The molecular weight excluding hydrogens is 376 g/mol. The van der Waals surface area contributed by atoms with Crippen molar-refractivity contribution in [2.45, 2.75) is 105 Å². The molecule has 3 saturated carbocycles. The monoisotopic (exact) mass is 424 g/mol. The molecule has 2 nitrogen and oxygen atoms in total. The van der Waals surface area contributed by atoms with E-state index in [-0.39, 0.29) is 0 Å². The predicted octanol–water partition coefficient (Wildman–Crippen LogP) is 7.04. The smallest absolute Gasteiger partial charge is 0.0395 e. The van der Waals surface area contributed by atoms with Gasteiger partial charge >= 0.3 is 0 Å². The number of nitrogens with zero attached hydrogens (tertiary/aromatic N) is 1. The van der Waals surface area contributed by atoms with E-state index in [1.807, 2.05) is 5.57 Å². The Kier molecular flexibility index (Phi) is 5.72. The van der Waals surface area contributed by atoms with Crippen molar-refractivity contribution in [3.8, 4) is 0 Å². The van der Waals surface area contributed by atoms with Gasteiger partial charge in [-0.25, -0.2) is 0 Å². The average Bonchev–Trinajstić information content (AvgIpc) is 3.32. The quantitative estimate of drug-likeness (QED) is 0.483. The van der Waals surface area contributed by atoms with Crippen LogP contribution in [-0.4, -0.2) is 18.3 Å². The largest absolute Gasteiger partial charge is 0.328 e. The molecule has 31 heavy (non-hydrogen) atoms. The van der Waals surface area contributed by atoms with Crippen molar-refractivity contribution in [2.24, 2.45) is 63.0 Å². The summed E-state index contributed by atoms with van der Waals surface area (Å²) in [5.41, 5.74) is 10.9. The zero-order valence-corrected chi connectivity index (χ0v) is 21.0. The Morgan fingerprint density at radius 3 is 2.52 bits per heavy atom. The van der Waals surface area contributed by atoms with E-state index in [1.54, 1.807) is 5.71 Å². The molecule has 0 saturated heterocycles. The van der Waals surface area contributed by atoms with Gasteiger partial charge in [0.05, 0.1) is 0 Å². The second kappa shape index (κ2) is 8.00. The van der Waals surface area contributed by atoms with Gasteiger partial charge in [0, 0.05) is 24.2 Å². The van der Waals surface area contributed by atoms with Crippen molar-refractivity contribution < 1.29 is 0 Å². The standard InChI is InChI=1S/C29H48N2/c1-18(2)22-12-15-31-27(22)16-19(3)24-8-9-25-23-7-6-20-17-21(30)10-13-28(20,4)26(23)11-14-29(24,25)5/h7,18-22,24-26H,6,8-17,30H2,1-5H3/t19-,20?,21+,22?,24-,25?,26?,28+,29-/m1/s1. The second-order valence-corrected chi connectivity index (χ2v) is 13.2. The molecule has 9 atom stereocenters. The maximum atomic E-state index is 6.39. The molecule has 0 bridgehead atoms. The molecule has 5 aliphatic rings. The van der Waals surface area contributed by atoms with E-state index in [2.05, 4.69) is 40.7 Å². The number of hydrogen-bond donors (Lipinski definition) is 1. The van der Waals surface area contributed by atoms with Crippen molar-refractivity contribution in [1.82, 2.24) is 0 Å². The summed E-state index contributed by atoms with van der Waals surface area (Å²) in [6.45, 7) is 13.8. The highest BCUT2D eigenvalue weighted by atomic mass is 14.8. The Balaban J connectivity index is 1.34. The van der Waals surface area contributed by atoms with Crippen LogP contribution in [0.25, 0.3) is 0 Å². The molecule has 174 valence electrons. The predicted molar refractivity (Wildman–Crippen MR) is 132 cm³/mol. The molecular formula is C29H48N2. The van der Waals surface area contributed by atoms with E-state index < -0.39 is 0 Å². The topological polar surface area (TPSA) is 38.4 Å². The third kappa shape index (κ3) is 3.49. The minimum atomic E-state index is 0.451. The number of nitrogens with two attached hydrogens (primary N) is 1. The first-order valence-corrected chi connectivity index (χ1v) is 13.7. The molecule has 4 aliphatic carbocycles. The van der Waals surface area contributed by atoms with Crippen LogP contribution < -0.4 is 5.73 Å². The fourth-order valence-electron chi connectivity index (χ4n) is 9.56. The molecule has 0 aromatic carbocycles. The molecule has 4 unspecified atom stereocenters. The molecule has 1 heterocycles. The maximum absolute atomic E-state index is 6.39. The van der Waals surface area contributed by atoms with Gasteiger partial charge in [0.1, 0.15) is 0 Å². The van der Waals surface area contributed by atoms with Crippen molar-refractivity contribution in [2.75, 3.05) is 6.54 Å². The van der Waals surface area contributed by atoms with Crippen LogP contribution in [0.3, 0.4) is 0 Å². The van der Waals surface area contributed by atoms with Gasteiger partial charge in [-0.05, 0) is 111 Å². The van der Waals surface area contributed by atoms with Crippen LogP contribution in [0.4, 0.5) is 0 Å². The minimum absolute atomic E-state index is 0.451. The Morgan fingerprint density at radius 2 is 1.74 bits per heavy atom. The SMILES string of the molecule is CC(C)C1CCN=C1C[C@@H](C)[C@H]1CCC2C3=CCC4C[C@@H](N)CC[C@]4(C)C3CC[C@@]21C. The molecule has 2 N–H and O–H groups in total. The number of rotatable bonds is 4. The highest BCUT2D eigenvalue weighted by Crippen LogP contribution is 2.66. The van der Waals surface area contributed by atoms with Crippen LogP contribution in [0.2, 0.25) is 0 Å². The molecule has 3 fully saturated rings. The molecule has 1 aliphatic heterocycles. The van der Waals surface area contributed by atoms with Crippen molar-refractivity contribution >= 4 is 5.71 Å². The summed E-state index contributed by atoms with van der Waals surface area (Å²) in [4.78, 5) is 5.00. The molecule has 5 rings (SSSR count). The fraction of sp³-hybridized carbons (Fsp3) is 0.897. The lowest BCUT2D eigenvalue weighted by molar-refractivity contribution is -0.0110. The first-order valence-electron chi connectivity index (χ1n) is 13.7. The van der Waals surface area contributed by atoms with Gasteiger partial charge in [-0.3, -0.25) is 4.99 Å². The van der Waals surface area contributed by atoms with Gasteiger partial charge in [0.25, 0.3) is 0 Å². The lowest BCUT2D eigenvalue weighted by atomic mass is 9.47. The van der Waals surface area contributed by atoms with Crippen molar-refractivity contribution in [3.63, 3.8) is 0 Å². The van der Waals surface area contributed by atoms with E-state index >= 15 is 0 Å². The molecule has 0 spiro atoms. The number of aliphatic imine (C=N–C) groups is 1. The summed E-state index contributed by atoms with van der Waals surface area (Å²) in [6.07, 6.45) is 16.2. The van der Waals surface area contributed by atoms with E-state index in [0.29, 0.717) is 16.9 Å². The van der Waals surface area contributed by atoms with Gasteiger partial charge in [-0.15, -0.1) is 0 Å². The summed E-state index contributed by atoms with van der Waals surface area (Å²) >= 11 is 0. The summed E-state index contributed by atoms with van der Waals surface area (Å²) in [5.74, 6) is 5.68. The lowest BCUT2D eigenvalue weighted by Gasteiger charge is -2.58. The zero-order chi connectivity index (χ0) is 22.0. The molecule has 0 radical (unpaired) electrons. The van der Waals surface area contributed by atoms with Gasteiger partial charge in [-0.1, -0.05) is 46.3 Å². The summed E-state index contributed by atoms with van der Waals surface area (Å²) in [5, 5.41) is 0. The van der Waals surface area contributed by atoms with Crippen LogP contribution in [-0.2, 0) is 0 Å². The van der Waals surface area contributed by atoms with Gasteiger partial charge in [-0.2, -0.15) is 0 Å². The first-order chi connectivity index (χ1) is 14.7. The Labute approximate surface area is 191 Å². The Hall–Kier alpha value is -0.630. The Bertz CT molecular complexity index is 750. The van der Waals surface area contributed by atoms with Crippen LogP contribution in [0.5, 0.6) is 0 Å². The Morgan fingerprint density at radius 1 is 1.00 bits per heavy atom. The summed E-state index contributed by atoms with van der Waals surface area (Å²) in [7, 11) is 0. The van der Waals surface area contributed by atoms with Crippen LogP contribution >= 0.6 is 0 Å². The van der Waals surface area contributed by atoms with Gasteiger partial charge < -0.3 is 5.73 Å². The van der Waals surface area contributed by atoms with Gasteiger partial charge in [0.2, 0.25) is 0 Å². The highest BCUT2D eigenvalue weighted by molar-refractivity contribution is 5.88. The second-order valence-electron chi connectivity index (χ2n) is 13.2. The first kappa shape index (κ1) is 22.2. The summed E-state index contributed by atoms with van der Waals surface area (Å²) in [6, 6.07) is 0.451. The molecule has 2 heteroatoms. The van der Waals surface area contributed by atoms with Crippen LogP contribution in [0.15, 0.2) is 16.6 Å². The fourth-order valence-corrected chi connectivity index (χ4v) is 9.56. The van der Waals surface area contributed by atoms with E-state index in [0.717, 1.165) is 48.0 Å².